The van der Waals surface area contributed by atoms with Crippen LogP contribution in [-0.2, 0) is 14.4 Å². The molecule has 6 heteroatoms. The van der Waals surface area contributed by atoms with Crippen molar-refractivity contribution in [2.75, 3.05) is 0 Å². The molecular formula is C10H19N3O3. The fourth-order valence-electron chi connectivity index (χ4n) is 1.36. The maximum absolute atomic E-state index is 11.4. The molecule has 0 aromatic heterocycles. The molecule has 16 heavy (non-hydrogen) atoms. The number of amides is 3. The summed E-state index contributed by atoms with van der Waals surface area (Å²) in [4.78, 5) is 32.7. The zero-order valence-corrected chi connectivity index (χ0v) is 9.87. The molecule has 0 fully saturated rings. The standard InChI is InChI=1S/C10H19N3O3/c1-6(4-9(11)15)13-10(16)5-7(2)12-8(3)14/h6-7H,4-5H2,1-3H3,(H2,11,15)(H,12,14)(H,13,16)/t6-,7-/m0/s1. The van der Waals surface area contributed by atoms with Crippen LogP contribution < -0.4 is 16.4 Å². The Balaban J connectivity index is 3.89. The molecule has 0 radical (unpaired) electrons. The lowest BCUT2D eigenvalue weighted by molar-refractivity contribution is -0.123. The minimum atomic E-state index is -0.456. The van der Waals surface area contributed by atoms with Crippen molar-refractivity contribution in [2.24, 2.45) is 5.73 Å². The van der Waals surface area contributed by atoms with Gasteiger partial charge in [-0.15, -0.1) is 0 Å². The van der Waals surface area contributed by atoms with Gasteiger partial charge in [0.15, 0.2) is 0 Å². The highest BCUT2D eigenvalue weighted by molar-refractivity contribution is 5.80. The molecule has 0 rings (SSSR count). The third kappa shape index (κ3) is 7.78. The number of primary amides is 1. The summed E-state index contributed by atoms with van der Waals surface area (Å²) >= 11 is 0. The van der Waals surface area contributed by atoms with Gasteiger partial charge in [0.2, 0.25) is 17.7 Å². The Hall–Kier alpha value is -1.59. The average Bonchev–Trinajstić information content (AvgIpc) is 1.97. The third-order valence-electron chi connectivity index (χ3n) is 1.86. The summed E-state index contributed by atoms with van der Waals surface area (Å²) in [7, 11) is 0. The van der Waals surface area contributed by atoms with Gasteiger partial charge in [-0.2, -0.15) is 0 Å². The van der Waals surface area contributed by atoms with Crippen molar-refractivity contribution < 1.29 is 14.4 Å². The van der Waals surface area contributed by atoms with Gasteiger partial charge in [0, 0.05) is 31.8 Å². The zero-order chi connectivity index (χ0) is 12.7. The SMILES string of the molecule is CC(=O)N[C@@H](C)CC(=O)N[C@@H](C)CC(N)=O. The molecule has 0 aliphatic rings. The van der Waals surface area contributed by atoms with Gasteiger partial charge in [-0.25, -0.2) is 0 Å². The molecule has 92 valence electrons. The number of hydrogen-bond donors (Lipinski definition) is 3. The number of hydrogen-bond acceptors (Lipinski definition) is 3. The predicted octanol–water partition coefficient (Wildman–Crippen LogP) is -0.719. The van der Waals surface area contributed by atoms with Crippen LogP contribution in [0, 0.1) is 0 Å². The molecule has 3 amide bonds. The second-order valence-corrected chi connectivity index (χ2v) is 3.94. The van der Waals surface area contributed by atoms with Crippen LogP contribution in [0.2, 0.25) is 0 Å². The Labute approximate surface area is 94.9 Å². The van der Waals surface area contributed by atoms with E-state index in [-0.39, 0.29) is 36.7 Å². The van der Waals surface area contributed by atoms with Gasteiger partial charge in [-0.05, 0) is 13.8 Å². The molecular weight excluding hydrogens is 210 g/mol. The molecule has 6 nitrogen and oxygen atoms in total. The topological polar surface area (TPSA) is 101 Å². The smallest absolute Gasteiger partial charge is 0.222 e. The van der Waals surface area contributed by atoms with Gasteiger partial charge in [0.1, 0.15) is 0 Å². The maximum atomic E-state index is 11.4. The van der Waals surface area contributed by atoms with E-state index in [4.69, 9.17) is 5.73 Å². The number of rotatable bonds is 6. The third-order valence-corrected chi connectivity index (χ3v) is 1.86. The van der Waals surface area contributed by atoms with Crippen LogP contribution in [0.4, 0.5) is 0 Å². The van der Waals surface area contributed by atoms with Gasteiger partial charge < -0.3 is 16.4 Å². The Kier molecular flexibility index (Phi) is 6.14. The van der Waals surface area contributed by atoms with Crippen LogP contribution in [-0.4, -0.2) is 29.8 Å². The van der Waals surface area contributed by atoms with Crippen molar-refractivity contribution in [3.63, 3.8) is 0 Å². The first-order valence-electron chi connectivity index (χ1n) is 5.16. The Morgan fingerprint density at radius 2 is 1.56 bits per heavy atom. The van der Waals surface area contributed by atoms with Gasteiger partial charge in [0.25, 0.3) is 0 Å². The average molecular weight is 229 g/mol. The van der Waals surface area contributed by atoms with Crippen LogP contribution in [0.3, 0.4) is 0 Å². The second kappa shape index (κ2) is 6.81. The van der Waals surface area contributed by atoms with E-state index in [9.17, 15) is 14.4 Å². The normalized spacial score (nSPS) is 13.7. The van der Waals surface area contributed by atoms with E-state index in [0.29, 0.717) is 0 Å². The molecule has 0 heterocycles. The first-order chi connectivity index (χ1) is 7.31. The molecule has 0 aromatic carbocycles. The van der Waals surface area contributed by atoms with Crippen molar-refractivity contribution in [1.82, 2.24) is 10.6 Å². The summed E-state index contributed by atoms with van der Waals surface area (Å²) in [6.07, 6.45) is 0.295. The number of carbonyl (C=O) groups excluding carboxylic acids is 3. The summed E-state index contributed by atoms with van der Waals surface area (Å²) in [6.45, 7) is 4.83. The zero-order valence-electron chi connectivity index (χ0n) is 9.87. The molecule has 0 saturated heterocycles. The van der Waals surface area contributed by atoms with E-state index in [0.717, 1.165) is 0 Å². The van der Waals surface area contributed by atoms with E-state index in [1.54, 1.807) is 13.8 Å². The van der Waals surface area contributed by atoms with E-state index in [1.807, 2.05) is 0 Å². The molecule has 0 bridgehead atoms. The maximum Gasteiger partial charge on any atom is 0.222 e. The Morgan fingerprint density at radius 1 is 1.06 bits per heavy atom. The van der Waals surface area contributed by atoms with Crippen molar-refractivity contribution in [3.8, 4) is 0 Å². The first kappa shape index (κ1) is 14.4. The molecule has 4 N–H and O–H groups in total. The molecule has 2 atom stereocenters. The fourth-order valence-corrected chi connectivity index (χ4v) is 1.36. The molecule has 0 saturated carbocycles. The summed E-state index contributed by atoms with van der Waals surface area (Å²) < 4.78 is 0. The number of nitrogens with two attached hydrogens (primary N) is 1. The lowest BCUT2D eigenvalue weighted by Gasteiger charge is -2.15. The van der Waals surface area contributed by atoms with Gasteiger partial charge >= 0.3 is 0 Å². The molecule has 0 aromatic rings. The largest absolute Gasteiger partial charge is 0.370 e. The minimum absolute atomic E-state index is 0.111. The summed E-state index contributed by atoms with van der Waals surface area (Å²) in [6, 6.07) is -0.507. The van der Waals surface area contributed by atoms with E-state index in [2.05, 4.69) is 10.6 Å². The fraction of sp³-hybridized carbons (Fsp3) is 0.700. The van der Waals surface area contributed by atoms with E-state index < -0.39 is 5.91 Å². The molecule has 0 spiro atoms. The Morgan fingerprint density at radius 3 is 2.00 bits per heavy atom. The van der Waals surface area contributed by atoms with Crippen molar-refractivity contribution in [3.05, 3.63) is 0 Å². The first-order valence-corrected chi connectivity index (χ1v) is 5.16. The van der Waals surface area contributed by atoms with Crippen LogP contribution in [0.5, 0.6) is 0 Å². The molecule has 0 aliphatic carbocycles. The molecule has 0 aliphatic heterocycles. The lowest BCUT2D eigenvalue weighted by atomic mass is 10.2. The van der Waals surface area contributed by atoms with Crippen LogP contribution in [0.25, 0.3) is 0 Å². The van der Waals surface area contributed by atoms with E-state index in [1.165, 1.54) is 6.92 Å². The number of nitrogens with one attached hydrogen (secondary N) is 2. The van der Waals surface area contributed by atoms with Gasteiger partial charge in [0.05, 0.1) is 0 Å². The highest BCUT2D eigenvalue weighted by Crippen LogP contribution is 1.94. The van der Waals surface area contributed by atoms with E-state index >= 15 is 0 Å². The van der Waals surface area contributed by atoms with Crippen LogP contribution in [0.1, 0.15) is 33.6 Å². The summed E-state index contributed by atoms with van der Waals surface area (Å²) in [5, 5.41) is 5.22. The van der Waals surface area contributed by atoms with Gasteiger partial charge in [-0.1, -0.05) is 0 Å². The highest BCUT2D eigenvalue weighted by atomic mass is 16.2. The Bertz CT molecular complexity index is 252. The summed E-state index contributed by atoms with van der Waals surface area (Å²) in [5.74, 6) is -0.844. The van der Waals surface area contributed by atoms with Crippen molar-refractivity contribution >= 4 is 17.7 Å². The van der Waals surface area contributed by atoms with Gasteiger partial charge in [-0.3, -0.25) is 14.4 Å². The van der Waals surface area contributed by atoms with Crippen LogP contribution in [0.15, 0.2) is 0 Å². The van der Waals surface area contributed by atoms with Crippen molar-refractivity contribution in [2.45, 2.75) is 45.7 Å². The monoisotopic (exact) mass is 229 g/mol. The molecule has 0 unspecified atom stereocenters. The van der Waals surface area contributed by atoms with Crippen LogP contribution >= 0.6 is 0 Å². The summed E-state index contributed by atoms with van der Waals surface area (Å²) in [5.41, 5.74) is 4.99. The minimum Gasteiger partial charge on any atom is -0.370 e. The second-order valence-electron chi connectivity index (χ2n) is 3.94. The lowest BCUT2D eigenvalue weighted by Crippen LogP contribution is -2.40. The van der Waals surface area contributed by atoms with Crippen molar-refractivity contribution in [1.29, 1.82) is 0 Å². The highest BCUT2D eigenvalue weighted by Gasteiger charge is 2.13. The number of carbonyl (C=O) groups is 3. The quantitative estimate of drug-likeness (QED) is 0.560. The predicted molar refractivity (Wildman–Crippen MR) is 59.3 cm³/mol.